The van der Waals surface area contributed by atoms with E-state index in [1.807, 2.05) is 6.07 Å². The van der Waals surface area contributed by atoms with Crippen molar-refractivity contribution in [2.75, 3.05) is 25.4 Å². The molecule has 1 saturated heterocycles. The van der Waals surface area contributed by atoms with Gasteiger partial charge in [0.25, 0.3) is 0 Å². The number of nitrogens with zero attached hydrogens (tertiary/aromatic N) is 1. The van der Waals surface area contributed by atoms with E-state index in [0.717, 1.165) is 38.8 Å². The van der Waals surface area contributed by atoms with Crippen LogP contribution in [-0.4, -0.2) is 49.4 Å². The number of likely N-dealkylation sites (tertiary alicyclic amines) is 1. The van der Waals surface area contributed by atoms with Crippen molar-refractivity contribution in [3.63, 3.8) is 0 Å². The highest BCUT2D eigenvalue weighted by atomic mass is 32.2. The van der Waals surface area contributed by atoms with Crippen LogP contribution in [0.3, 0.4) is 0 Å². The van der Waals surface area contributed by atoms with Crippen molar-refractivity contribution in [1.29, 1.82) is 0 Å². The standard InChI is InChI=1S/C17H25NO3S/c19-17-9-5-4-6-15(17)14-18(11-10-17)12-13-22(20,21)16-7-2-1-3-8-16/h1-3,7-8,15,19H,4-6,9-14H2/t15-,17-/m0/s1. The first-order valence-corrected chi connectivity index (χ1v) is 9.87. The van der Waals surface area contributed by atoms with Crippen molar-refractivity contribution in [2.45, 2.75) is 42.6 Å². The molecule has 122 valence electrons. The second-order valence-corrected chi connectivity index (χ2v) is 8.84. The van der Waals surface area contributed by atoms with Gasteiger partial charge in [0.15, 0.2) is 9.84 Å². The second kappa shape index (κ2) is 6.30. The van der Waals surface area contributed by atoms with Crippen molar-refractivity contribution in [1.82, 2.24) is 4.90 Å². The lowest BCUT2D eigenvalue weighted by molar-refractivity contribution is -0.0942. The van der Waals surface area contributed by atoms with E-state index in [1.54, 1.807) is 24.3 Å². The number of benzene rings is 1. The first kappa shape index (κ1) is 16.0. The fourth-order valence-electron chi connectivity index (χ4n) is 3.84. The summed E-state index contributed by atoms with van der Waals surface area (Å²) in [6.45, 7) is 2.20. The zero-order valence-electron chi connectivity index (χ0n) is 12.9. The quantitative estimate of drug-likeness (QED) is 0.922. The third-order valence-corrected chi connectivity index (χ3v) is 7.00. The number of aliphatic hydroxyl groups is 1. The maximum absolute atomic E-state index is 12.3. The SMILES string of the molecule is O=S(=O)(CCN1CC[C@@]2(O)CCCC[C@H]2C1)c1ccccc1. The monoisotopic (exact) mass is 323 g/mol. The van der Waals surface area contributed by atoms with Gasteiger partial charge in [-0.2, -0.15) is 0 Å². The third-order valence-electron chi connectivity index (χ3n) is 5.29. The average Bonchev–Trinajstić information content (AvgIpc) is 2.53. The Balaban J connectivity index is 1.59. The van der Waals surface area contributed by atoms with Crippen LogP contribution >= 0.6 is 0 Å². The third kappa shape index (κ3) is 3.36. The summed E-state index contributed by atoms with van der Waals surface area (Å²) in [5, 5.41) is 10.7. The summed E-state index contributed by atoms with van der Waals surface area (Å²) in [6, 6.07) is 8.66. The molecule has 0 unspecified atom stereocenters. The smallest absolute Gasteiger partial charge is 0.179 e. The Labute approximate surface area is 133 Å². The van der Waals surface area contributed by atoms with Gasteiger partial charge in [-0.25, -0.2) is 8.42 Å². The Hall–Kier alpha value is -0.910. The molecule has 5 heteroatoms. The Morgan fingerprint density at radius 1 is 1.18 bits per heavy atom. The minimum absolute atomic E-state index is 0.155. The zero-order chi connectivity index (χ0) is 15.6. The van der Waals surface area contributed by atoms with Crippen molar-refractivity contribution in [3.05, 3.63) is 30.3 Å². The maximum Gasteiger partial charge on any atom is 0.179 e. The molecule has 2 atom stereocenters. The zero-order valence-corrected chi connectivity index (χ0v) is 13.8. The van der Waals surface area contributed by atoms with Crippen molar-refractivity contribution in [3.8, 4) is 0 Å². The molecule has 1 aromatic carbocycles. The highest BCUT2D eigenvalue weighted by Crippen LogP contribution is 2.39. The van der Waals surface area contributed by atoms with E-state index in [4.69, 9.17) is 0 Å². The predicted molar refractivity (Wildman–Crippen MR) is 86.5 cm³/mol. The molecule has 0 spiro atoms. The highest BCUT2D eigenvalue weighted by Gasteiger charge is 2.42. The molecular weight excluding hydrogens is 298 g/mol. The molecule has 0 amide bonds. The van der Waals surface area contributed by atoms with E-state index in [2.05, 4.69) is 4.90 Å². The molecule has 1 heterocycles. The van der Waals surface area contributed by atoms with Gasteiger partial charge in [-0.1, -0.05) is 31.0 Å². The molecule has 0 bridgehead atoms. The Bertz CT molecular complexity index is 602. The van der Waals surface area contributed by atoms with Gasteiger partial charge in [-0.05, 0) is 31.4 Å². The lowest BCUT2D eigenvalue weighted by Gasteiger charge is -2.47. The number of rotatable bonds is 4. The fraction of sp³-hybridized carbons (Fsp3) is 0.647. The van der Waals surface area contributed by atoms with Gasteiger partial charge in [0.05, 0.1) is 16.2 Å². The molecule has 1 saturated carbocycles. The molecule has 2 fully saturated rings. The van der Waals surface area contributed by atoms with Gasteiger partial charge >= 0.3 is 0 Å². The molecule has 0 aromatic heterocycles. The fourth-order valence-corrected chi connectivity index (χ4v) is 5.14. The largest absolute Gasteiger partial charge is 0.390 e. The topological polar surface area (TPSA) is 57.6 Å². The van der Waals surface area contributed by atoms with E-state index in [9.17, 15) is 13.5 Å². The number of fused-ring (bicyclic) bond motifs is 1. The average molecular weight is 323 g/mol. The summed E-state index contributed by atoms with van der Waals surface area (Å²) in [4.78, 5) is 2.62. The van der Waals surface area contributed by atoms with Gasteiger partial charge in [0.1, 0.15) is 0 Å². The van der Waals surface area contributed by atoms with E-state index < -0.39 is 15.4 Å². The number of sulfone groups is 1. The molecule has 1 aromatic rings. The van der Waals surface area contributed by atoms with Crippen molar-refractivity contribution in [2.24, 2.45) is 5.92 Å². The molecule has 4 nitrogen and oxygen atoms in total. The van der Waals surface area contributed by atoms with Gasteiger partial charge in [-0.15, -0.1) is 0 Å². The Kier molecular flexibility index (Phi) is 4.57. The van der Waals surface area contributed by atoms with Gasteiger partial charge in [0.2, 0.25) is 0 Å². The number of hydrogen-bond donors (Lipinski definition) is 1. The van der Waals surface area contributed by atoms with Crippen molar-refractivity contribution < 1.29 is 13.5 Å². The van der Waals surface area contributed by atoms with Crippen LogP contribution in [-0.2, 0) is 9.84 Å². The summed E-state index contributed by atoms with van der Waals surface area (Å²) in [6.07, 6.45) is 5.06. The van der Waals surface area contributed by atoms with Gasteiger partial charge in [-0.3, -0.25) is 0 Å². The lowest BCUT2D eigenvalue weighted by Crippen LogP contribution is -2.53. The number of hydrogen-bond acceptors (Lipinski definition) is 4. The Morgan fingerprint density at radius 3 is 2.73 bits per heavy atom. The lowest BCUT2D eigenvalue weighted by atomic mass is 9.71. The minimum atomic E-state index is -3.21. The summed E-state index contributed by atoms with van der Waals surface area (Å²) in [5.41, 5.74) is -0.493. The first-order valence-electron chi connectivity index (χ1n) is 8.22. The normalized spacial score (nSPS) is 30.0. The Morgan fingerprint density at radius 2 is 1.95 bits per heavy atom. The summed E-state index contributed by atoms with van der Waals surface area (Å²) >= 11 is 0. The summed E-state index contributed by atoms with van der Waals surface area (Å²) in [5.74, 6) is 0.469. The molecule has 2 aliphatic rings. The molecule has 1 N–H and O–H groups in total. The molecule has 3 rings (SSSR count). The van der Waals surface area contributed by atoms with E-state index in [-0.39, 0.29) is 5.75 Å². The van der Waals surface area contributed by atoms with Crippen LogP contribution < -0.4 is 0 Å². The van der Waals surface area contributed by atoms with Crippen LogP contribution in [0.15, 0.2) is 35.2 Å². The molecule has 1 aliphatic heterocycles. The highest BCUT2D eigenvalue weighted by molar-refractivity contribution is 7.91. The van der Waals surface area contributed by atoms with E-state index >= 15 is 0 Å². The molecule has 0 radical (unpaired) electrons. The van der Waals surface area contributed by atoms with Gasteiger partial charge < -0.3 is 10.0 Å². The van der Waals surface area contributed by atoms with Crippen LogP contribution in [0.1, 0.15) is 32.1 Å². The summed E-state index contributed by atoms with van der Waals surface area (Å²) in [7, 11) is -3.21. The van der Waals surface area contributed by atoms with E-state index in [1.165, 1.54) is 6.42 Å². The molecular formula is C17H25NO3S. The number of piperidine rings is 1. The van der Waals surface area contributed by atoms with Crippen LogP contribution in [0.25, 0.3) is 0 Å². The van der Waals surface area contributed by atoms with Crippen LogP contribution in [0, 0.1) is 5.92 Å². The van der Waals surface area contributed by atoms with Crippen LogP contribution in [0.5, 0.6) is 0 Å². The molecule has 22 heavy (non-hydrogen) atoms. The molecule has 1 aliphatic carbocycles. The first-order chi connectivity index (χ1) is 10.5. The van der Waals surface area contributed by atoms with Crippen LogP contribution in [0.4, 0.5) is 0 Å². The summed E-state index contributed by atoms with van der Waals surface area (Å²) < 4.78 is 24.7. The van der Waals surface area contributed by atoms with Gasteiger partial charge in [0, 0.05) is 25.6 Å². The predicted octanol–water partition coefficient (Wildman–Crippen LogP) is 2.09. The van der Waals surface area contributed by atoms with Crippen LogP contribution in [0.2, 0.25) is 0 Å². The van der Waals surface area contributed by atoms with Crippen molar-refractivity contribution >= 4 is 9.84 Å². The minimum Gasteiger partial charge on any atom is -0.390 e. The second-order valence-electron chi connectivity index (χ2n) is 6.73. The van der Waals surface area contributed by atoms with E-state index in [0.29, 0.717) is 17.4 Å². The maximum atomic E-state index is 12.3.